The number of anilines is 1. The molecule has 2 heterocycles. The van der Waals surface area contributed by atoms with Crippen molar-refractivity contribution in [3.05, 3.63) is 54.4 Å². The second-order valence-corrected chi connectivity index (χ2v) is 8.66. The number of fused-ring (bicyclic) bond motifs is 2. The summed E-state index contributed by atoms with van der Waals surface area (Å²) >= 11 is 0. The predicted octanol–water partition coefficient (Wildman–Crippen LogP) is 2.31. The predicted molar refractivity (Wildman–Crippen MR) is 108 cm³/mol. The van der Waals surface area contributed by atoms with Crippen molar-refractivity contribution >= 4 is 32.7 Å². The molecule has 2 aromatic carbocycles. The van der Waals surface area contributed by atoms with Crippen LogP contribution in [0.25, 0.3) is 11.0 Å². The van der Waals surface area contributed by atoms with Crippen molar-refractivity contribution in [1.29, 1.82) is 0 Å². The summed E-state index contributed by atoms with van der Waals surface area (Å²) in [6.07, 6.45) is 3.11. The summed E-state index contributed by atoms with van der Waals surface area (Å²) < 4.78 is 29.9. The zero-order valence-corrected chi connectivity index (χ0v) is 16.4. The molecule has 0 spiro atoms. The van der Waals surface area contributed by atoms with E-state index in [0.717, 1.165) is 22.3 Å². The summed E-state index contributed by atoms with van der Waals surface area (Å²) in [4.78, 5) is 17.9. The Bertz CT molecular complexity index is 1140. The van der Waals surface area contributed by atoms with Gasteiger partial charge in [0, 0.05) is 32.2 Å². The van der Waals surface area contributed by atoms with Crippen molar-refractivity contribution in [3.8, 4) is 0 Å². The fourth-order valence-corrected chi connectivity index (χ4v) is 4.72. The van der Waals surface area contributed by atoms with Gasteiger partial charge in [-0.15, -0.1) is 0 Å². The summed E-state index contributed by atoms with van der Waals surface area (Å²) in [5.41, 5.74) is 3.67. The number of benzene rings is 2. The minimum atomic E-state index is -3.58. The number of aromatic nitrogens is 2. The first kappa shape index (κ1) is 18.6. The molecular formula is C20H22N4O3S. The lowest BCUT2D eigenvalue weighted by Gasteiger charge is -2.15. The van der Waals surface area contributed by atoms with Crippen LogP contribution in [0.15, 0.2) is 53.7 Å². The maximum absolute atomic E-state index is 12.6. The highest BCUT2D eigenvalue weighted by molar-refractivity contribution is 7.89. The highest BCUT2D eigenvalue weighted by Gasteiger charge is 2.24. The number of sulfonamides is 1. The Kier molecular flexibility index (Phi) is 4.91. The summed E-state index contributed by atoms with van der Waals surface area (Å²) in [7, 11) is -3.58. The molecular weight excluding hydrogens is 376 g/mol. The number of hydrogen-bond donors (Lipinski definition) is 1. The van der Waals surface area contributed by atoms with Crippen LogP contribution in [0, 0.1) is 0 Å². The summed E-state index contributed by atoms with van der Waals surface area (Å²) in [5.74, 6) is -0.0282. The lowest BCUT2D eigenvalue weighted by molar-refractivity contribution is -0.116. The second-order valence-electron chi connectivity index (χ2n) is 6.89. The van der Waals surface area contributed by atoms with E-state index in [1.807, 2.05) is 28.8 Å². The number of nitrogens with one attached hydrogen (secondary N) is 1. The zero-order chi connectivity index (χ0) is 19.7. The Labute approximate surface area is 164 Å². The van der Waals surface area contributed by atoms with Gasteiger partial charge in [-0.2, -0.15) is 0 Å². The fraction of sp³-hybridized carbons (Fsp3) is 0.300. The molecule has 0 radical (unpaired) electrons. The Morgan fingerprint density at radius 3 is 2.86 bits per heavy atom. The average Bonchev–Trinajstić information content (AvgIpc) is 3.29. The van der Waals surface area contributed by atoms with Gasteiger partial charge in [-0.25, -0.2) is 18.1 Å². The average molecular weight is 398 g/mol. The molecule has 1 aromatic heterocycles. The highest BCUT2D eigenvalue weighted by atomic mass is 32.2. The standard InChI is InChI=1S/C20H22N4O3S/c1-15(25)24-12-9-16-13-17(7-8-19(16)24)28(26,27)22-10-4-11-23-14-21-18-5-2-3-6-20(18)23/h2-3,5-8,13-14,22H,4,9-12H2,1H3. The van der Waals surface area contributed by atoms with Crippen molar-refractivity contribution in [3.63, 3.8) is 0 Å². The number of nitrogens with zero attached hydrogens (tertiary/aromatic N) is 3. The SMILES string of the molecule is CC(=O)N1CCc2cc(S(=O)(=O)NCCCn3cnc4ccccc43)ccc21. The molecule has 146 valence electrons. The van der Waals surface area contributed by atoms with Crippen molar-refractivity contribution in [2.45, 2.75) is 31.2 Å². The molecule has 1 N–H and O–H groups in total. The number of para-hydroxylation sites is 2. The van der Waals surface area contributed by atoms with Crippen molar-refractivity contribution in [1.82, 2.24) is 14.3 Å². The lowest BCUT2D eigenvalue weighted by atomic mass is 10.2. The largest absolute Gasteiger partial charge is 0.331 e. The third-order valence-corrected chi connectivity index (χ3v) is 6.49. The molecule has 1 aliphatic rings. The number of amides is 1. The van der Waals surface area contributed by atoms with E-state index >= 15 is 0 Å². The number of hydrogen-bond acceptors (Lipinski definition) is 4. The molecule has 0 fully saturated rings. The molecule has 4 rings (SSSR count). The monoisotopic (exact) mass is 398 g/mol. The molecule has 1 amide bonds. The van der Waals surface area contributed by atoms with Gasteiger partial charge in [0.25, 0.3) is 0 Å². The van der Waals surface area contributed by atoms with Gasteiger partial charge in [0.05, 0.1) is 22.3 Å². The van der Waals surface area contributed by atoms with Crippen molar-refractivity contribution < 1.29 is 13.2 Å². The van der Waals surface area contributed by atoms with Gasteiger partial charge in [0.15, 0.2) is 0 Å². The minimum Gasteiger partial charge on any atom is -0.331 e. The Morgan fingerprint density at radius 1 is 1.21 bits per heavy atom. The van der Waals surface area contributed by atoms with E-state index < -0.39 is 10.0 Å². The zero-order valence-electron chi connectivity index (χ0n) is 15.6. The smallest absolute Gasteiger partial charge is 0.240 e. The van der Waals surface area contributed by atoms with Gasteiger partial charge in [0.2, 0.25) is 15.9 Å². The third kappa shape index (κ3) is 3.53. The molecule has 8 heteroatoms. The first-order valence-corrected chi connectivity index (χ1v) is 10.7. The van der Waals surface area contributed by atoms with Crippen LogP contribution in [0.4, 0.5) is 5.69 Å². The van der Waals surface area contributed by atoms with E-state index in [9.17, 15) is 13.2 Å². The van der Waals surface area contributed by atoms with Gasteiger partial charge in [0.1, 0.15) is 0 Å². The molecule has 0 aliphatic carbocycles. The number of aryl methyl sites for hydroxylation is 1. The van der Waals surface area contributed by atoms with E-state index in [1.165, 1.54) is 6.92 Å². The number of rotatable bonds is 6. The number of imidazole rings is 1. The summed E-state index contributed by atoms with van der Waals surface area (Å²) in [6, 6.07) is 12.8. The van der Waals surface area contributed by atoms with E-state index in [0.29, 0.717) is 32.5 Å². The van der Waals surface area contributed by atoms with Gasteiger partial charge in [-0.05, 0) is 48.7 Å². The molecule has 1 aliphatic heterocycles. The lowest BCUT2D eigenvalue weighted by Crippen LogP contribution is -2.26. The quantitative estimate of drug-likeness (QED) is 0.646. The molecule has 3 aromatic rings. The van der Waals surface area contributed by atoms with Gasteiger partial charge in [-0.1, -0.05) is 12.1 Å². The fourth-order valence-electron chi connectivity index (χ4n) is 3.60. The van der Waals surface area contributed by atoms with Crippen molar-refractivity contribution in [2.24, 2.45) is 0 Å². The molecule has 0 saturated heterocycles. The first-order valence-electron chi connectivity index (χ1n) is 9.26. The van der Waals surface area contributed by atoms with Crippen LogP contribution in [0.5, 0.6) is 0 Å². The van der Waals surface area contributed by atoms with Crippen LogP contribution in [-0.4, -0.2) is 37.0 Å². The van der Waals surface area contributed by atoms with Crippen LogP contribution in [0.1, 0.15) is 18.9 Å². The first-order chi connectivity index (χ1) is 13.5. The van der Waals surface area contributed by atoms with Crippen LogP contribution in [0.3, 0.4) is 0 Å². The Hall–Kier alpha value is -2.71. The van der Waals surface area contributed by atoms with Crippen LogP contribution in [0.2, 0.25) is 0 Å². The molecule has 0 unspecified atom stereocenters. The van der Waals surface area contributed by atoms with E-state index in [-0.39, 0.29) is 10.8 Å². The van der Waals surface area contributed by atoms with Crippen LogP contribution >= 0.6 is 0 Å². The van der Waals surface area contributed by atoms with Gasteiger partial charge >= 0.3 is 0 Å². The number of carbonyl (C=O) groups excluding carboxylic acids is 1. The topological polar surface area (TPSA) is 84.3 Å². The van der Waals surface area contributed by atoms with Crippen LogP contribution < -0.4 is 9.62 Å². The minimum absolute atomic E-state index is 0.0282. The molecule has 28 heavy (non-hydrogen) atoms. The number of carbonyl (C=O) groups is 1. The van der Waals surface area contributed by atoms with E-state index in [4.69, 9.17) is 0 Å². The second kappa shape index (κ2) is 7.37. The van der Waals surface area contributed by atoms with Gasteiger partial charge in [-0.3, -0.25) is 4.79 Å². The normalized spacial score (nSPS) is 13.8. The summed E-state index contributed by atoms with van der Waals surface area (Å²) in [5, 5.41) is 0. The van der Waals surface area contributed by atoms with Crippen LogP contribution in [-0.2, 0) is 27.8 Å². The Balaban J connectivity index is 1.39. The van der Waals surface area contributed by atoms with Crippen molar-refractivity contribution in [2.75, 3.05) is 18.0 Å². The van der Waals surface area contributed by atoms with E-state index in [1.54, 1.807) is 29.4 Å². The molecule has 7 nitrogen and oxygen atoms in total. The van der Waals surface area contributed by atoms with Gasteiger partial charge < -0.3 is 9.47 Å². The highest BCUT2D eigenvalue weighted by Crippen LogP contribution is 2.30. The molecule has 0 bridgehead atoms. The Morgan fingerprint density at radius 2 is 2.04 bits per heavy atom. The summed E-state index contributed by atoms with van der Waals surface area (Å²) in [6.45, 7) is 3.14. The molecule has 0 atom stereocenters. The maximum Gasteiger partial charge on any atom is 0.240 e. The third-order valence-electron chi connectivity index (χ3n) is 5.03. The molecule has 0 saturated carbocycles. The van der Waals surface area contributed by atoms with E-state index in [2.05, 4.69) is 9.71 Å². The maximum atomic E-state index is 12.6.